The first-order chi connectivity index (χ1) is 38.3. The maximum Gasteiger partial charge on any atom is 1.00 e. The van der Waals surface area contributed by atoms with Crippen LogP contribution in [0.5, 0.6) is 0 Å². The second kappa shape index (κ2) is 66.9. The molecule has 18 heteroatoms. The van der Waals surface area contributed by atoms with Crippen LogP contribution in [0.15, 0.2) is 157 Å². The summed E-state index contributed by atoms with van der Waals surface area (Å²) in [5.41, 5.74) is 10.1. The first-order valence-corrected chi connectivity index (χ1v) is 28.0. The van der Waals surface area contributed by atoms with E-state index in [1.165, 1.54) is 44.1 Å². The van der Waals surface area contributed by atoms with Crippen molar-refractivity contribution in [3.63, 3.8) is 0 Å². The van der Waals surface area contributed by atoms with Crippen molar-refractivity contribution in [2.75, 3.05) is 46.1 Å². The Labute approximate surface area is 537 Å². The van der Waals surface area contributed by atoms with Crippen LogP contribution in [0.25, 0.3) is 0 Å². The fraction of sp³-hybridized carbons (Fsp3) is 0.460. The fourth-order valence-corrected chi connectivity index (χ4v) is 7.17. The van der Waals surface area contributed by atoms with E-state index in [2.05, 4.69) is 57.1 Å². The molecule has 0 bridgehead atoms. The molecule has 5 aromatic carbocycles. The maximum atomic E-state index is 12.5. The molecule has 0 atom stereocenters. The number of carbonyl (C=O) groups excluding carboxylic acids is 3. The summed E-state index contributed by atoms with van der Waals surface area (Å²) in [6.45, 7) is 4.45. The summed E-state index contributed by atoms with van der Waals surface area (Å²) in [4.78, 5) is 40.0. The molecule has 0 spiro atoms. The number of benzene rings is 5. The largest absolute Gasteiger partial charge is 1.00 e. The van der Waals surface area contributed by atoms with Gasteiger partial charge in [-0.05, 0) is 92.1 Å². The van der Waals surface area contributed by atoms with Crippen LogP contribution in [0.4, 0.5) is 9.59 Å². The van der Waals surface area contributed by atoms with E-state index in [9.17, 15) is 9.59 Å². The van der Waals surface area contributed by atoms with Crippen molar-refractivity contribution < 1.29 is 115 Å². The second-order valence-corrected chi connectivity index (χ2v) is 18.2. The van der Waals surface area contributed by atoms with Gasteiger partial charge in [0.25, 0.3) is 6.47 Å². The van der Waals surface area contributed by atoms with Gasteiger partial charge >= 0.3 is 70.6 Å². The molecule has 0 heterocycles. The molecule has 0 aliphatic rings. The van der Waals surface area contributed by atoms with Gasteiger partial charge in [0.1, 0.15) is 13.2 Å². The molecule has 5 aromatic rings. The average Bonchev–Trinajstić information content (AvgIpc) is 3.48. The summed E-state index contributed by atoms with van der Waals surface area (Å²) in [6.07, 6.45) is 22.5. The van der Waals surface area contributed by atoms with E-state index >= 15 is 0 Å². The van der Waals surface area contributed by atoms with Gasteiger partial charge in [0.2, 0.25) is 0 Å². The van der Waals surface area contributed by atoms with Gasteiger partial charge in [-0.3, -0.25) is 9.79 Å². The number of aliphatic hydroxyl groups is 4. The van der Waals surface area contributed by atoms with Gasteiger partial charge in [0, 0.05) is 72.3 Å². The topological polar surface area (TPSA) is 224 Å². The Morgan fingerprint density at radius 1 is 0.519 bits per heavy atom. The third-order valence-electron chi connectivity index (χ3n) is 11.3. The van der Waals surface area contributed by atoms with Crippen LogP contribution < -0.4 is 70.1 Å². The van der Waals surface area contributed by atoms with Crippen LogP contribution in [-0.2, 0) is 45.3 Å². The zero-order valence-corrected chi connectivity index (χ0v) is 53.4. The minimum Gasteiger partial charge on any atom is -1.00 e. The van der Waals surface area contributed by atoms with Crippen molar-refractivity contribution in [1.82, 2.24) is 4.90 Å². The number of nitrogens with two attached hydrogens (primary N) is 1. The minimum absolute atomic E-state index is 0. The SMILES string of the molecule is NCCCCCCO.O=C(Cl)OCc1ccccc1.O=C(OCc1ccccc1)N(CCCCCCO)Cc1ccccc1.O=CO[O-].OCCCCCCCCc1ccccc1.OCCCCCCN=Cc1ccccc1.[B].[H-].[Na+].[Na+]. The van der Waals surface area contributed by atoms with E-state index in [0.29, 0.717) is 32.9 Å². The van der Waals surface area contributed by atoms with Gasteiger partial charge in [0.15, 0.2) is 0 Å². The molecular weight excluding hydrogens is 1070 g/mol. The van der Waals surface area contributed by atoms with Gasteiger partial charge in [-0.2, -0.15) is 0 Å². The Bertz CT molecular complexity index is 2080. The third kappa shape index (κ3) is 57.7. The van der Waals surface area contributed by atoms with Gasteiger partial charge < -0.3 is 52.1 Å². The van der Waals surface area contributed by atoms with E-state index in [1.807, 2.05) is 115 Å². The molecule has 0 aliphatic heterocycles. The molecular formula is C63H92BClN3Na2O11. The quantitative estimate of drug-likeness (QED) is 0.00637. The molecule has 6 N–H and O–H groups in total. The fourth-order valence-electron chi connectivity index (χ4n) is 7.11. The normalized spacial score (nSPS) is 9.67. The number of halogens is 1. The number of unbranched alkanes of at least 4 members (excludes halogenated alkanes) is 14. The van der Waals surface area contributed by atoms with E-state index in [0.717, 1.165) is 119 Å². The molecule has 0 saturated carbocycles. The first-order valence-electron chi connectivity index (χ1n) is 27.6. The predicted octanol–water partition coefficient (Wildman–Crippen LogP) is 5.83. The van der Waals surface area contributed by atoms with Crippen LogP contribution >= 0.6 is 11.6 Å². The third-order valence-corrected chi connectivity index (χ3v) is 11.4. The number of aliphatic hydroxyl groups excluding tert-OH is 4. The minimum atomic E-state index is -0.770. The molecule has 437 valence electrons. The van der Waals surface area contributed by atoms with E-state index in [4.69, 9.17) is 52.5 Å². The number of hydrogen-bond donors (Lipinski definition) is 5. The van der Waals surface area contributed by atoms with E-state index < -0.39 is 5.43 Å². The van der Waals surface area contributed by atoms with Gasteiger partial charge in [-0.15, -0.1) is 0 Å². The molecule has 0 fully saturated rings. The Morgan fingerprint density at radius 2 is 0.877 bits per heavy atom. The van der Waals surface area contributed by atoms with Crippen LogP contribution in [0.2, 0.25) is 0 Å². The number of aryl methyl sites for hydroxylation is 1. The first kappa shape index (κ1) is 83.6. The van der Waals surface area contributed by atoms with Crippen LogP contribution in [0.3, 0.4) is 0 Å². The Kier molecular flexibility index (Phi) is 69.0. The molecule has 0 aliphatic carbocycles. The number of nitrogens with zero attached hydrogens (tertiary/aromatic N) is 2. The number of hydrogen-bond acceptors (Lipinski definition) is 13. The molecule has 0 saturated heterocycles. The average molecular weight is 1160 g/mol. The standard InChI is InChI=1S/C21H27NO3.C14H22O.C13H19NO.C8H7ClO2.C6H15NO.CH2O3.B.2Na.H/c23-16-10-2-1-9-15-22(17-19-11-5-3-6-12-19)21(24)25-18-20-13-7-4-8-14-20;15-13-9-4-2-1-3-6-10-14-11-7-5-8-12-14;15-11-7-2-1-6-10-14-12-13-8-4-3-5-9-13;9-8(10)11-6-7-4-2-1-3-5-7;7-5-3-1-2-4-6-8;2-1-4-3;;;;/h3-8,11-14,23H,1-2,9-10,15-18H2;5,7-8,11-12,15H,1-4,6,9-10,13H2;3-5,8-9,12,15H,1-2,6-7,10-11H2;1-5H,6H2;8H,1-7H2;1,3H;;;;/q;;;;;;;2*+1;-1/p-1. The Hall–Kier alpha value is -3.91. The molecule has 81 heavy (non-hydrogen) atoms. The summed E-state index contributed by atoms with van der Waals surface area (Å²) in [6, 6.07) is 49.9. The van der Waals surface area contributed by atoms with Gasteiger partial charge in [-0.1, -0.05) is 216 Å². The maximum absolute atomic E-state index is 12.5. The summed E-state index contributed by atoms with van der Waals surface area (Å²) in [5, 5.41) is 42.8. The number of amides is 1. The van der Waals surface area contributed by atoms with Crippen molar-refractivity contribution in [3.05, 3.63) is 179 Å². The number of aliphatic imine (C=N–C) groups is 1. The molecule has 14 nitrogen and oxygen atoms in total. The smallest absolute Gasteiger partial charge is 1.00 e. The summed E-state index contributed by atoms with van der Waals surface area (Å²) in [5.74, 6) is 0. The van der Waals surface area contributed by atoms with Crippen molar-refractivity contribution in [3.8, 4) is 0 Å². The van der Waals surface area contributed by atoms with Crippen molar-refractivity contribution in [2.45, 2.75) is 142 Å². The number of ether oxygens (including phenoxy) is 2. The Balaban J connectivity index is -0.000000306. The van der Waals surface area contributed by atoms with Gasteiger partial charge in [0.05, 0.1) is 0 Å². The van der Waals surface area contributed by atoms with Crippen LogP contribution in [-0.4, -0.2) is 104 Å². The summed E-state index contributed by atoms with van der Waals surface area (Å²) >= 11 is 4.97. The molecule has 5 rings (SSSR count). The zero-order valence-electron chi connectivity index (χ0n) is 49.7. The van der Waals surface area contributed by atoms with Crippen LogP contribution in [0.1, 0.15) is 145 Å². The summed E-state index contributed by atoms with van der Waals surface area (Å²) < 4.78 is 10.0. The van der Waals surface area contributed by atoms with Gasteiger partial charge in [-0.25, -0.2) is 9.59 Å². The summed E-state index contributed by atoms with van der Waals surface area (Å²) in [7, 11) is 0. The molecule has 1 amide bonds. The number of carbonyl (C=O) groups is 3. The molecule has 0 unspecified atom stereocenters. The van der Waals surface area contributed by atoms with Crippen molar-refractivity contribution >= 4 is 44.2 Å². The monoisotopic (exact) mass is 1160 g/mol. The van der Waals surface area contributed by atoms with E-state index in [1.54, 1.807) is 4.90 Å². The number of rotatable bonds is 33. The van der Waals surface area contributed by atoms with Crippen molar-refractivity contribution in [2.24, 2.45) is 10.7 Å². The molecule has 0 aromatic heterocycles. The van der Waals surface area contributed by atoms with Crippen LogP contribution in [0, 0.1) is 0 Å². The Morgan fingerprint density at radius 3 is 1.30 bits per heavy atom. The molecule has 3 radical (unpaired) electrons. The van der Waals surface area contributed by atoms with E-state index in [-0.39, 0.29) is 101 Å². The zero-order chi connectivity index (χ0) is 57.0. The predicted molar refractivity (Wildman–Crippen MR) is 320 cm³/mol. The second-order valence-electron chi connectivity index (χ2n) is 17.9. The van der Waals surface area contributed by atoms with Crippen molar-refractivity contribution in [1.29, 1.82) is 0 Å².